The van der Waals surface area contributed by atoms with Crippen LogP contribution >= 0.6 is 0 Å². The number of ether oxygens (including phenoxy) is 1. The van der Waals surface area contributed by atoms with Crippen LogP contribution in [0.2, 0.25) is 0 Å². The highest BCUT2D eigenvalue weighted by molar-refractivity contribution is 7.89. The Labute approximate surface area is 200 Å². The first kappa shape index (κ1) is 24.7. The lowest BCUT2D eigenvalue weighted by molar-refractivity contribution is -0.148. The molecule has 1 unspecified atom stereocenters. The van der Waals surface area contributed by atoms with Gasteiger partial charge in [-0.2, -0.15) is 4.72 Å². The van der Waals surface area contributed by atoms with Gasteiger partial charge in [-0.1, -0.05) is 0 Å². The van der Waals surface area contributed by atoms with Gasteiger partial charge in [0.15, 0.2) is 6.61 Å². The van der Waals surface area contributed by atoms with Gasteiger partial charge in [-0.15, -0.1) is 0 Å². The molecule has 4 saturated carbocycles. The molecule has 1 aromatic rings. The fourth-order valence-corrected chi connectivity index (χ4v) is 7.47. The maximum atomic E-state index is 12.4. The summed E-state index contributed by atoms with van der Waals surface area (Å²) in [4.78, 5) is 35.5. The summed E-state index contributed by atoms with van der Waals surface area (Å²) in [7, 11) is -3.95. The first-order valence-corrected chi connectivity index (χ1v) is 13.4. The van der Waals surface area contributed by atoms with Gasteiger partial charge in [-0.25, -0.2) is 8.42 Å². The third-order valence-corrected chi connectivity index (χ3v) is 9.05. The van der Waals surface area contributed by atoms with Crippen LogP contribution in [0, 0.1) is 23.2 Å². The van der Waals surface area contributed by atoms with E-state index in [2.05, 4.69) is 22.3 Å². The molecule has 1 aromatic carbocycles. The van der Waals surface area contributed by atoms with Crippen molar-refractivity contribution in [3.8, 4) is 0 Å². The quantitative estimate of drug-likeness (QED) is 0.454. The zero-order valence-electron chi connectivity index (χ0n) is 19.6. The maximum Gasteiger partial charge on any atom is 0.321 e. The number of nitrogens with one attached hydrogen (secondary N) is 3. The van der Waals surface area contributed by atoms with Gasteiger partial charge in [0.05, 0.1) is 4.90 Å². The number of rotatable bonds is 9. The van der Waals surface area contributed by atoms with Gasteiger partial charge in [0.25, 0.3) is 5.91 Å². The smallest absolute Gasteiger partial charge is 0.321 e. The summed E-state index contributed by atoms with van der Waals surface area (Å²) in [6.45, 7) is 2.37. The number of carbonyl (C=O) groups is 3. The average molecular weight is 492 g/mol. The number of carbonyl (C=O) groups excluding carboxylic acids is 3. The van der Waals surface area contributed by atoms with Crippen LogP contribution in [0.5, 0.6) is 0 Å². The second-order valence-corrected chi connectivity index (χ2v) is 12.0. The molecule has 3 N–H and O–H groups in total. The minimum Gasteiger partial charge on any atom is -0.455 e. The summed E-state index contributed by atoms with van der Waals surface area (Å²) in [5.74, 6) is 0.853. The summed E-state index contributed by atoms with van der Waals surface area (Å²) in [6, 6.07) is 5.55. The molecule has 9 nitrogen and oxygen atoms in total. The minimum absolute atomic E-state index is 0.0195. The Kier molecular flexibility index (Phi) is 7.00. The highest BCUT2D eigenvalue weighted by Crippen LogP contribution is 2.61. The molecule has 4 aliphatic rings. The fraction of sp³-hybridized carbons (Fsp3) is 0.625. The monoisotopic (exact) mass is 491 g/mol. The Bertz CT molecular complexity index is 1020. The van der Waals surface area contributed by atoms with Crippen molar-refractivity contribution in [1.29, 1.82) is 0 Å². The average Bonchev–Trinajstić information content (AvgIpc) is 2.75. The Morgan fingerprint density at radius 1 is 1.03 bits per heavy atom. The second kappa shape index (κ2) is 9.65. The Morgan fingerprint density at radius 3 is 2.12 bits per heavy atom. The first-order valence-electron chi connectivity index (χ1n) is 11.9. The minimum atomic E-state index is -3.95. The van der Waals surface area contributed by atoms with Crippen molar-refractivity contribution in [3.63, 3.8) is 0 Å². The van der Waals surface area contributed by atoms with E-state index in [4.69, 9.17) is 4.74 Å². The van der Waals surface area contributed by atoms with E-state index in [0.717, 1.165) is 37.0 Å². The predicted molar refractivity (Wildman–Crippen MR) is 125 cm³/mol. The molecule has 5 rings (SSSR count). The van der Waals surface area contributed by atoms with Crippen molar-refractivity contribution in [1.82, 2.24) is 10.0 Å². The molecule has 0 aromatic heterocycles. The number of hydrogen-bond donors (Lipinski definition) is 3. The van der Waals surface area contributed by atoms with E-state index >= 15 is 0 Å². The largest absolute Gasteiger partial charge is 0.455 e. The van der Waals surface area contributed by atoms with Gasteiger partial charge < -0.3 is 15.4 Å². The van der Waals surface area contributed by atoms with E-state index in [1.165, 1.54) is 50.5 Å². The first-order chi connectivity index (χ1) is 16.0. The van der Waals surface area contributed by atoms with Crippen LogP contribution in [-0.4, -0.2) is 45.4 Å². The summed E-state index contributed by atoms with van der Waals surface area (Å²) in [6.07, 6.45) is 7.46. The van der Waals surface area contributed by atoms with Crippen molar-refractivity contribution in [2.45, 2.75) is 63.3 Å². The number of benzene rings is 1. The summed E-state index contributed by atoms with van der Waals surface area (Å²) < 4.78 is 31.9. The fourth-order valence-electron chi connectivity index (χ4n) is 6.50. The highest BCUT2D eigenvalue weighted by atomic mass is 32.2. The van der Waals surface area contributed by atoms with E-state index in [1.807, 2.05) is 0 Å². The van der Waals surface area contributed by atoms with Gasteiger partial charge in [0, 0.05) is 18.7 Å². The van der Waals surface area contributed by atoms with Crippen molar-refractivity contribution in [2.24, 2.45) is 23.2 Å². The third kappa shape index (κ3) is 5.60. The van der Waals surface area contributed by atoms with Crippen LogP contribution < -0.4 is 15.4 Å². The zero-order chi connectivity index (χ0) is 24.5. The molecule has 0 spiro atoms. The highest BCUT2D eigenvalue weighted by Gasteiger charge is 2.53. The van der Waals surface area contributed by atoms with Crippen LogP contribution in [0.15, 0.2) is 29.2 Å². The number of anilines is 1. The predicted octanol–water partition coefficient (Wildman–Crippen LogP) is 2.19. The van der Waals surface area contributed by atoms with Crippen molar-refractivity contribution in [2.75, 3.05) is 18.5 Å². The summed E-state index contributed by atoms with van der Waals surface area (Å²) in [5.41, 5.74) is 0.610. The van der Waals surface area contributed by atoms with Crippen molar-refractivity contribution >= 4 is 33.5 Å². The molecule has 1 atom stereocenters. The molecule has 10 heteroatoms. The standard InChI is InChI=1S/C24H33N3O6S/c1-15(24-10-17-7-18(11-24)9-19(8-17)12-24)26-22(29)14-33-23(30)13-25-34(31,32)21-5-3-20(4-6-21)27-16(2)28/h3-6,15,17-19,25H,7-14H2,1-2H3,(H,26,29)(H,27,28). The molecule has 4 bridgehead atoms. The normalized spacial score (nSPS) is 28.2. The zero-order valence-corrected chi connectivity index (χ0v) is 20.4. The van der Waals surface area contributed by atoms with Gasteiger partial charge in [-0.3, -0.25) is 14.4 Å². The van der Waals surface area contributed by atoms with Gasteiger partial charge in [0.1, 0.15) is 6.54 Å². The van der Waals surface area contributed by atoms with Crippen LogP contribution in [-0.2, 0) is 29.1 Å². The van der Waals surface area contributed by atoms with E-state index in [1.54, 1.807) is 0 Å². The Balaban J connectivity index is 1.21. The SMILES string of the molecule is CC(=O)Nc1ccc(S(=O)(=O)NCC(=O)OCC(=O)NC(C)C23CC4CC(CC(C4)C2)C3)cc1. The van der Waals surface area contributed by atoms with Gasteiger partial charge >= 0.3 is 5.97 Å². The topological polar surface area (TPSA) is 131 Å². The van der Waals surface area contributed by atoms with E-state index in [0.29, 0.717) is 5.69 Å². The molecule has 2 amide bonds. The number of esters is 1. The molecule has 34 heavy (non-hydrogen) atoms. The summed E-state index contributed by atoms with van der Waals surface area (Å²) in [5, 5.41) is 5.57. The molecule has 0 aliphatic heterocycles. The Hall–Kier alpha value is -2.46. The van der Waals surface area contributed by atoms with E-state index < -0.39 is 29.1 Å². The van der Waals surface area contributed by atoms with Crippen LogP contribution in [0.3, 0.4) is 0 Å². The summed E-state index contributed by atoms with van der Waals surface area (Å²) >= 11 is 0. The maximum absolute atomic E-state index is 12.4. The van der Waals surface area contributed by atoms with E-state index in [9.17, 15) is 22.8 Å². The number of amides is 2. The number of sulfonamides is 1. The van der Waals surface area contributed by atoms with E-state index in [-0.39, 0.29) is 28.2 Å². The van der Waals surface area contributed by atoms with Crippen LogP contribution in [0.25, 0.3) is 0 Å². The lowest BCUT2D eigenvalue weighted by Crippen LogP contribution is -2.56. The lowest BCUT2D eigenvalue weighted by atomic mass is 9.48. The van der Waals surface area contributed by atoms with Crippen molar-refractivity contribution < 1.29 is 27.5 Å². The molecule has 0 heterocycles. The van der Waals surface area contributed by atoms with Crippen LogP contribution in [0.4, 0.5) is 5.69 Å². The molecule has 186 valence electrons. The molecular formula is C24H33N3O6S. The molecular weight excluding hydrogens is 458 g/mol. The Morgan fingerprint density at radius 2 is 1.59 bits per heavy atom. The van der Waals surface area contributed by atoms with Gasteiger partial charge in [-0.05, 0) is 92.9 Å². The molecule has 0 saturated heterocycles. The molecule has 4 aliphatic carbocycles. The van der Waals surface area contributed by atoms with Crippen molar-refractivity contribution in [3.05, 3.63) is 24.3 Å². The van der Waals surface area contributed by atoms with Gasteiger partial charge in [0.2, 0.25) is 15.9 Å². The van der Waals surface area contributed by atoms with Crippen LogP contribution in [0.1, 0.15) is 52.4 Å². The second-order valence-electron chi connectivity index (χ2n) is 10.3. The molecule has 0 radical (unpaired) electrons. The third-order valence-electron chi connectivity index (χ3n) is 7.64. The number of hydrogen-bond acceptors (Lipinski definition) is 6. The molecule has 4 fully saturated rings. The lowest BCUT2D eigenvalue weighted by Gasteiger charge is -2.59.